The second-order valence-corrected chi connectivity index (χ2v) is 11.3. The molecule has 0 spiro atoms. The topological polar surface area (TPSA) is 81.0 Å². The number of hydrogen-bond donors (Lipinski definition) is 0. The number of ether oxygens (including phenoxy) is 1. The number of piperidine rings is 1. The van der Waals surface area contributed by atoms with Gasteiger partial charge in [-0.15, -0.1) is 0 Å². The van der Waals surface area contributed by atoms with Crippen LogP contribution in [0, 0.1) is 19.8 Å². The lowest BCUT2D eigenvalue weighted by molar-refractivity contribution is -0.122. The van der Waals surface area contributed by atoms with Gasteiger partial charge in [-0.3, -0.25) is 4.79 Å². The van der Waals surface area contributed by atoms with Crippen molar-refractivity contribution in [3.63, 3.8) is 0 Å². The van der Waals surface area contributed by atoms with E-state index in [1.54, 1.807) is 31.4 Å². The second kappa shape index (κ2) is 9.40. The lowest BCUT2D eigenvalue weighted by atomic mass is 9.99. The SMILES string of the molecule is CCn1c(=NC(=O)C2CCCN(S(=O)(=O)c3ccc(C)cc3)C2)sc2c(C)ccc(OC)c21. The number of aromatic nitrogens is 1. The van der Waals surface area contributed by atoms with Gasteiger partial charge in [0.1, 0.15) is 11.3 Å². The van der Waals surface area contributed by atoms with Gasteiger partial charge >= 0.3 is 0 Å². The van der Waals surface area contributed by atoms with Crippen LogP contribution in [0.1, 0.15) is 30.9 Å². The van der Waals surface area contributed by atoms with Gasteiger partial charge in [0.15, 0.2) is 4.80 Å². The molecule has 0 N–H and O–H groups in total. The number of aryl methyl sites for hydroxylation is 3. The minimum absolute atomic E-state index is 0.151. The first kappa shape index (κ1) is 23.7. The fourth-order valence-electron chi connectivity index (χ4n) is 4.23. The third kappa shape index (κ3) is 4.49. The number of carbonyl (C=O) groups is 1. The molecule has 1 saturated heterocycles. The summed E-state index contributed by atoms with van der Waals surface area (Å²) in [5.41, 5.74) is 3.03. The highest BCUT2D eigenvalue weighted by Crippen LogP contribution is 2.30. The van der Waals surface area contributed by atoms with Crippen molar-refractivity contribution in [2.45, 2.75) is 45.1 Å². The highest BCUT2D eigenvalue weighted by atomic mass is 32.2. The summed E-state index contributed by atoms with van der Waals surface area (Å²) < 4.78 is 36.2. The van der Waals surface area contributed by atoms with Gasteiger partial charge in [0, 0.05) is 19.6 Å². The summed E-state index contributed by atoms with van der Waals surface area (Å²) in [6.07, 6.45) is 1.26. The Bertz CT molecular complexity index is 1350. The quantitative estimate of drug-likeness (QED) is 0.547. The van der Waals surface area contributed by atoms with Crippen LogP contribution >= 0.6 is 11.3 Å². The molecule has 0 radical (unpaired) electrons. The molecular formula is C24H29N3O4S2. The van der Waals surface area contributed by atoms with E-state index >= 15 is 0 Å². The van der Waals surface area contributed by atoms with Crippen LogP contribution < -0.4 is 9.54 Å². The number of thiazole rings is 1. The minimum atomic E-state index is -3.65. The largest absolute Gasteiger partial charge is 0.495 e. The molecule has 1 aromatic heterocycles. The molecule has 1 fully saturated rings. The number of nitrogens with zero attached hydrogens (tertiary/aromatic N) is 3. The average Bonchev–Trinajstić information content (AvgIpc) is 3.18. The summed E-state index contributed by atoms with van der Waals surface area (Å²) in [4.78, 5) is 18.5. The van der Waals surface area contributed by atoms with Crippen LogP contribution in [0.4, 0.5) is 0 Å². The minimum Gasteiger partial charge on any atom is -0.495 e. The van der Waals surface area contributed by atoms with Crippen LogP contribution in [-0.2, 0) is 21.4 Å². The van der Waals surface area contributed by atoms with Crippen molar-refractivity contribution in [1.29, 1.82) is 0 Å². The van der Waals surface area contributed by atoms with Crippen LogP contribution in [0.5, 0.6) is 5.75 Å². The van der Waals surface area contributed by atoms with Crippen molar-refractivity contribution in [2.75, 3.05) is 20.2 Å². The Morgan fingerprint density at radius 1 is 1.18 bits per heavy atom. The first-order valence-electron chi connectivity index (χ1n) is 11.1. The zero-order valence-corrected chi connectivity index (χ0v) is 21.0. The molecule has 1 aliphatic rings. The van der Waals surface area contributed by atoms with Gasteiger partial charge in [0.25, 0.3) is 5.91 Å². The number of carbonyl (C=O) groups excluding carboxylic acids is 1. The number of sulfonamides is 1. The van der Waals surface area contributed by atoms with Crippen molar-refractivity contribution in [2.24, 2.45) is 10.9 Å². The molecule has 33 heavy (non-hydrogen) atoms. The van der Waals surface area contributed by atoms with Gasteiger partial charge in [0.05, 0.1) is 22.6 Å². The molecule has 0 saturated carbocycles. The molecule has 3 aromatic rings. The fraction of sp³-hybridized carbons (Fsp3) is 0.417. The highest BCUT2D eigenvalue weighted by Gasteiger charge is 2.33. The van der Waals surface area contributed by atoms with E-state index in [0.29, 0.717) is 30.7 Å². The van der Waals surface area contributed by atoms with E-state index in [-0.39, 0.29) is 17.3 Å². The maximum absolute atomic E-state index is 13.2. The van der Waals surface area contributed by atoms with Gasteiger partial charge in [0.2, 0.25) is 10.0 Å². The monoisotopic (exact) mass is 487 g/mol. The predicted octanol–water partition coefficient (Wildman–Crippen LogP) is 3.88. The number of benzene rings is 2. The van der Waals surface area contributed by atoms with Crippen LogP contribution in [-0.4, -0.2) is 43.4 Å². The molecule has 9 heteroatoms. The van der Waals surface area contributed by atoms with Crippen LogP contribution in [0.25, 0.3) is 10.2 Å². The zero-order valence-electron chi connectivity index (χ0n) is 19.4. The maximum atomic E-state index is 13.2. The van der Waals surface area contributed by atoms with E-state index in [1.807, 2.05) is 37.5 Å². The summed E-state index contributed by atoms with van der Waals surface area (Å²) in [7, 11) is -2.01. The lowest BCUT2D eigenvalue weighted by Crippen LogP contribution is -2.42. The number of methoxy groups -OCH3 is 1. The first-order chi connectivity index (χ1) is 15.8. The fourth-order valence-corrected chi connectivity index (χ4v) is 6.94. The second-order valence-electron chi connectivity index (χ2n) is 8.36. The molecule has 7 nitrogen and oxygen atoms in total. The Kier molecular flexibility index (Phi) is 6.74. The van der Waals surface area contributed by atoms with E-state index < -0.39 is 15.9 Å². The summed E-state index contributed by atoms with van der Waals surface area (Å²) in [5.74, 6) is 0.0114. The van der Waals surface area contributed by atoms with E-state index in [9.17, 15) is 13.2 Å². The van der Waals surface area contributed by atoms with Gasteiger partial charge in [-0.25, -0.2) is 8.42 Å². The molecule has 1 aliphatic heterocycles. The molecule has 1 unspecified atom stereocenters. The van der Waals surface area contributed by atoms with Crippen molar-refractivity contribution in [3.05, 3.63) is 52.3 Å². The Morgan fingerprint density at radius 2 is 1.91 bits per heavy atom. The number of hydrogen-bond acceptors (Lipinski definition) is 5. The van der Waals surface area contributed by atoms with E-state index in [2.05, 4.69) is 4.99 Å². The molecule has 176 valence electrons. The van der Waals surface area contributed by atoms with Crippen molar-refractivity contribution >= 4 is 37.5 Å². The highest BCUT2D eigenvalue weighted by molar-refractivity contribution is 7.89. The third-order valence-corrected chi connectivity index (χ3v) is 9.21. The molecule has 0 aliphatic carbocycles. The number of amides is 1. The van der Waals surface area contributed by atoms with Crippen LogP contribution in [0.3, 0.4) is 0 Å². The van der Waals surface area contributed by atoms with E-state index in [1.165, 1.54) is 15.6 Å². The van der Waals surface area contributed by atoms with Crippen molar-refractivity contribution in [1.82, 2.24) is 8.87 Å². The molecular weight excluding hydrogens is 458 g/mol. The normalized spacial score (nSPS) is 18.1. The van der Waals surface area contributed by atoms with Crippen molar-refractivity contribution in [3.8, 4) is 5.75 Å². The number of rotatable bonds is 5. The smallest absolute Gasteiger partial charge is 0.252 e. The van der Waals surface area contributed by atoms with Crippen LogP contribution in [0.2, 0.25) is 0 Å². The summed E-state index contributed by atoms with van der Waals surface area (Å²) in [6.45, 7) is 7.16. The lowest BCUT2D eigenvalue weighted by Gasteiger charge is -2.30. The Balaban J connectivity index is 1.66. The molecule has 0 bridgehead atoms. The van der Waals surface area contributed by atoms with Gasteiger partial charge < -0.3 is 9.30 Å². The molecule has 1 amide bonds. The average molecular weight is 488 g/mol. The zero-order chi connectivity index (χ0) is 23.8. The predicted molar refractivity (Wildman–Crippen MR) is 130 cm³/mol. The van der Waals surface area contributed by atoms with Crippen LogP contribution in [0.15, 0.2) is 46.3 Å². The van der Waals surface area contributed by atoms with Crippen molar-refractivity contribution < 1.29 is 17.9 Å². The maximum Gasteiger partial charge on any atom is 0.252 e. The standard InChI is InChI=1S/C24H29N3O4S2/c1-5-27-21-20(31-4)13-10-17(3)22(21)32-24(27)25-23(28)18-7-6-14-26(15-18)33(29,30)19-11-8-16(2)9-12-19/h8-13,18H,5-7,14-15H2,1-4H3. The molecule has 2 heterocycles. The molecule has 2 aromatic carbocycles. The summed E-state index contributed by atoms with van der Waals surface area (Å²) >= 11 is 1.47. The van der Waals surface area contributed by atoms with E-state index in [4.69, 9.17) is 4.74 Å². The number of fused-ring (bicyclic) bond motifs is 1. The third-order valence-electron chi connectivity index (χ3n) is 6.12. The summed E-state index contributed by atoms with van der Waals surface area (Å²) in [6, 6.07) is 10.7. The van der Waals surface area contributed by atoms with Gasteiger partial charge in [-0.1, -0.05) is 35.1 Å². The van der Waals surface area contributed by atoms with Gasteiger partial charge in [-0.05, 0) is 57.4 Å². The first-order valence-corrected chi connectivity index (χ1v) is 13.3. The molecule has 4 rings (SSSR count). The van der Waals surface area contributed by atoms with Gasteiger partial charge in [-0.2, -0.15) is 9.30 Å². The summed E-state index contributed by atoms with van der Waals surface area (Å²) in [5, 5.41) is 0. The molecule has 1 atom stereocenters. The Hall–Kier alpha value is -2.49. The Labute approximate surface area is 198 Å². The Morgan fingerprint density at radius 3 is 2.58 bits per heavy atom. The van der Waals surface area contributed by atoms with E-state index in [0.717, 1.165) is 27.1 Å².